The molecule has 0 bridgehead atoms. The zero-order valence-corrected chi connectivity index (χ0v) is 19.8. The summed E-state index contributed by atoms with van der Waals surface area (Å²) in [5.74, 6) is 0.913. The van der Waals surface area contributed by atoms with Gasteiger partial charge in [0.2, 0.25) is 0 Å². The Labute approximate surface area is 197 Å². The molecule has 9 nitrogen and oxygen atoms in total. The van der Waals surface area contributed by atoms with Gasteiger partial charge in [0.1, 0.15) is 29.4 Å². The van der Waals surface area contributed by atoms with Crippen LogP contribution in [-0.2, 0) is 10.0 Å². The van der Waals surface area contributed by atoms with Crippen molar-refractivity contribution in [2.75, 3.05) is 17.8 Å². The summed E-state index contributed by atoms with van der Waals surface area (Å²) in [5.41, 5.74) is 0.282. The fourth-order valence-corrected chi connectivity index (χ4v) is 3.71. The van der Waals surface area contributed by atoms with Gasteiger partial charge in [-0.1, -0.05) is 30.6 Å². The number of rotatable bonds is 7. The molecule has 0 fully saturated rings. The van der Waals surface area contributed by atoms with E-state index in [1.807, 2.05) is 12.1 Å². The number of nitrogens with zero attached hydrogens (tertiary/aromatic N) is 3. The minimum Gasteiger partial charge on any atom is -0.456 e. The number of aryl methyl sites for hydroxylation is 1. The smallest absolute Gasteiger partial charge is 0.263 e. The maximum absolute atomic E-state index is 12.5. The van der Waals surface area contributed by atoms with Crippen LogP contribution in [0.4, 0.5) is 5.82 Å². The Bertz CT molecular complexity index is 1290. The molecule has 11 heteroatoms. The molecule has 33 heavy (non-hydrogen) atoms. The minimum absolute atomic E-state index is 0.000287. The Balaban J connectivity index is 0.000000696. The Hall–Kier alpha value is -3.57. The van der Waals surface area contributed by atoms with Crippen molar-refractivity contribution < 1.29 is 17.7 Å². The zero-order chi connectivity index (χ0) is 24.4. The maximum Gasteiger partial charge on any atom is 0.263 e. The number of nitrogens with one attached hydrogen (secondary N) is 2. The lowest BCUT2D eigenvalue weighted by Crippen LogP contribution is -2.13. The highest BCUT2D eigenvalue weighted by molar-refractivity contribution is 7.92. The lowest BCUT2D eigenvalue weighted by molar-refractivity contribution is 0.400. The topological polar surface area (TPSA) is 141 Å². The van der Waals surface area contributed by atoms with Crippen LogP contribution in [0.5, 0.6) is 11.5 Å². The number of benzene rings is 2. The van der Waals surface area contributed by atoms with Gasteiger partial charge in [-0.05, 0) is 50.3 Å². The standard InChI is InChI=1S/C18H11ClN4O4S.C4H11N/c1-11-6-18(22-27-11)23-28(24,25)15-4-5-17(13(7-15)10-21)26-14-3-2-12(9-20)16(19)8-14;1-3-5-4-2/h2-8H,1H3,(H,22,23);5H,3-4H2,1-2H3. The van der Waals surface area contributed by atoms with Crippen LogP contribution in [0.15, 0.2) is 51.9 Å². The minimum atomic E-state index is -3.97. The second-order valence-electron chi connectivity index (χ2n) is 6.51. The number of anilines is 1. The van der Waals surface area contributed by atoms with Crippen molar-refractivity contribution in [3.63, 3.8) is 0 Å². The number of hydrogen-bond acceptors (Lipinski definition) is 8. The number of aromatic nitrogens is 1. The van der Waals surface area contributed by atoms with E-state index in [1.54, 1.807) is 6.92 Å². The molecule has 2 N–H and O–H groups in total. The normalized spacial score (nSPS) is 10.4. The second-order valence-corrected chi connectivity index (χ2v) is 8.60. The highest BCUT2D eigenvalue weighted by Gasteiger charge is 2.19. The number of sulfonamides is 1. The molecule has 2 aromatic carbocycles. The molecule has 0 saturated carbocycles. The first-order valence-electron chi connectivity index (χ1n) is 9.82. The van der Waals surface area contributed by atoms with Crippen LogP contribution in [-0.4, -0.2) is 26.7 Å². The molecule has 1 aromatic heterocycles. The third kappa shape index (κ3) is 7.22. The average molecular weight is 488 g/mol. The molecule has 0 amide bonds. The lowest BCUT2D eigenvalue weighted by atomic mass is 10.2. The van der Waals surface area contributed by atoms with Crippen LogP contribution in [0.1, 0.15) is 30.7 Å². The number of ether oxygens (including phenoxy) is 1. The number of hydrogen-bond donors (Lipinski definition) is 2. The summed E-state index contributed by atoms with van der Waals surface area (Å²) in [4.78, 5) is -0.144. The molecular weight excluding hydrogens is 466 g/mol. The van der Waals surface area contributed by atoms with Crippen LogP contribution in [0, 0.1) is 29.6 Å². The van der Waals surface area contributed by atoms with Crippen molar-refractivity contribution in [1.29, 1.82) is 10.5 Å². The third-order valence-electron chi connectivity index (χ3n) is 4.04. The van der Waals surface area contributed by atoms with Crippen LogP contribution in [0.3, 0.4) is 0 Å². The van der Waals surface area contributed by atoms with Crippen LogP contribution < -0.4 is 14.8 Å². The molecule has 0 aliphatic heterocycles. The third-order valence-corrected chi connectivity index (χ3v) is 5.70. The van der Waals surface area contributed by atoms with Gasteiger partial charge in [-0.3, -0.25) is 4.72 Å². The van der Waals surface area contributed by atoms with Gasteiger partial charge in [-0.25, -0.2) is 8.42 Å². The Morgan fingerprint density at radius 1 is 1.06 bits per heavy atom. The van der Waals surface area contributed by atoms with E-state index in [1.165, 1.54) is 42.5 Å². The van der Waals surface area contributed by atoms with Gasteiger partial charge in [0.25, 0.3) is 10.0 Å². The Morgan fingerprint density at radius 3 is 2.27 bits per heavy atom. The van der Waals surface area contributed by atoms with E-state index in [0.717, 1.165) is 13.1 Å². The van der Waals surface area contributed by atoms with Gasteiger partial charge in [0.05, 0.1) is 21.0 Å². The molecule has 0 spiro atoms. The molecule has 0 aliphatic rings. The van der Waals surface area contributed by atoms with E-state index >= 15 is 0 Å². The molecule has 3 rings (SSSR count). The van der Waals surface area contributed by atoms with E-state index in [-0.39, 0.29) is 32.6 Å². The molecule has 0 unspecified atom stereocenters. The summed E-state index contributed by atoms with van der Waals surface area (Å²) in [5, 5.41) is 25.2. The van der Waals surface area contributed by atoms with Crippen LogP contribution >= 0.6 is 11.6 Å². The Morgan fingerprint density at radius 2 is 1.76 bits per heavy atom. The predicted octanol–water partition coefficient (Wildman–Crippen LogP) is 4.59. The van der Waals surface area contributed by atoms with E-state index in [9.17, 15) is 13.7 Å². The number of halogens is 1. The van der Waals surface area contributed by atoms with Crippen molar-refractivity contribution in [1.82, 2.24) is 10.5 Å². The lowest BCUT2D eigenvalue weighted by Gasteiger charge is -2.10. The van der Waals surface area contributed by atoms with Crippen molar-refractivity contribution in [2.45, 2.75) is 25.7 Å². The van der Waals surface area contributed by atoms with E-state index in [4.69, 9.17) is 26.1 Å². The highest BCUT2D eigenvalue weighted by Crippen LogP contribution is 2.30. The van der Waals surface area contributed by atoms with Gasteiger partial charge >= 0.3 is 0 Å². The predicted molar refractivity (Wildman–Crippen MR) is 124 cm³/mol. The average Bonchev–Trinajstić information content (AvgIpc) is 3.18. The first kappa shape index (κ1) is 25.7. The summed E-state index contributed by atoms with van der Waals surface area (Å²) in [6.45, 7) is 8.01. The van der Waals surface area contributed by atoms with Gasteiger partial charge in [-0.15, -0.1) is 0 Å². The summed E-state index contributed by atoms with van der Waals surface area (Å²) < 4.78 is 37.6. The monoisotopic (exact) mass is 487 g/mol. The van der Waals surface area contributed by atoms with Gasteiger partial charge < -0.3 is 14.6 Å². The summed E-state index contributed by atoms with van der Waals surface area (Å²) in [6, 6.07) is 13.5. The largest absolute Gasteiger partial charge is 0.456 e. The van der Waals surface area contributed by atoms with Crippen molar-refractivity contribution in [3.05, 3.63) is 64.4 Å². The molecule has 1 heterocycles. The summed E-state index contributed by atoms with van der Waals surface area (Å²) >= 11 is 5.96. The van der Waals surface area contributed by atoms with Gasteiger partial charge in [0.15, 0.2) is 5.82 Å². The fraction of sp³-hybridized carbons (Fsp3) is 0.227. The van der Waals surface area contributed by atoms with Crippen LogP contribution in [0.25, 0.3) is 0 Å². The van der Waals surface area contributed by atoms with E-state index in [0.29, 0.717) is 11.5 Å². The van der Waals surface area contributed by atoms with Crippen molar-refractivity contribution in [3.8, 4) is 23.6 Å². The summed E-state index contributed by atoms with van der Waals surface area (Å²) in [6.07, 6.45) is 0. The molecule has 0 saturated heterocycles. The molecule has 0 radical (unpaired) electrons. The molecule has 0 aliphatic carbocycles. The first-order valence-corrected chi connectivity index (χ1v) is 11.7. The molecule has 3 aromatic rings. The second kappa shape index (κ2) is 11.9. The SMILES string of the molecule is CCNCC.Cc1cc(NS(=O)(=O)c2ccc(Oc3ccc(C#N)c(Cl)c3)c(C#N)c2)no1. The van der Waals surface area contributed by atoms with Crippen molar-refractivity contribution in [2.24, 2.45) is 0 Å². The fourth-order valence-electron chi connectivity index (χ4n) is 2.49. The zero-order valence-electron chi connectivity index (χ0n) is 18.2. The van der Waals surface area contributed by atoms with E-state index in [2.05, 4.69) is 29.0 Å². The molecule has 172 valence electrons. The maximum atomic E-state index is 12.5. The summed E-state index contributed by atoms with van der Waals surface area (Å²) in [7, 11) is -3.97. The highest BCUT2D eigenvalue weighted by atomic mass is 35.5. The quantitative estimate of drug-likeness (QED) is 0.492. The Kier molecular flexibility index (Phi) is 9.25. The number of nitriles is 2. The van der Waals surface area contributed by atoms with E-state index < -0.39 is 10.0 Å². The molecule has 0 atom stereocenters. The first-order chi connectivity index (χ1) is 15.7. The molecular formula is C22H22ClN5O4S. The van der Waals surface area contributed by atoms with Crippen molar-refractivity contribution >= 4 is 27.4 Å². The van der Waals surface area contributed by atoms with Gasteiger partial charge in [-0.2, -0.15) is 10.5 Å². The van der Waals surface area contributed by atoms with Gasteiger partial charge in [0, 0.05) is 12.1 Å². The van der Waals surface area contributed by atoms with Crippen LogP contribution in [0.2, 0.25) is 5.02 Å².